The lowest BCUT2D eigenvalue weighted by Gasteiger charge is -2.35. The molecule has 3 amide bonds. The van der Waals surface area contributed by atoms with Gasteiger partial charge in [0.05, 0.1) is 33.6 Å². The van der Waals surface area contributed by atoms with Crippen molar-refractivity contribution in [2.24, 2.45) is 5.41 Å². The molecule has 3 aromatic carbocycles. The highest BCUT2D eigenvalue weighted by Crippen LogP contribution is 2.40. The van der Waals surface area contributed by atoms with Gasteiger partial charge in [-0.2, -0.15) is 9.97 Å². The van der Waals surface area contributed by atoms with Gasteiger partial charge < -0.3 is 45.6 Å². The summed E-state index contributed by atoms with van der Waals surface area (Å²) in [5.74, 6) is -1.44. The lowest BCUT2D eigenvalue weighted by Crippen LogP contribution is -2.57. The van der Waals surface area contributed by atoms with Gasteiger partial charge in [0.2, 0.25) is 17.7 Å². The average Bonchev–Trinajstić information content (AvgIpc) is 4.24. The smallest absolute Gasteiger partial charge is 0.319 e. The highest BCUT2D eigenvalue weighted by molar-refractivity contribution is 7.13. The summed E-state index contributed by atoms with van der Waals surface area (Å²) in [6, 6.07) is 12.7. The lowest BCUT2D eigenvalue weighted by atomic mass is 9.85. The van der Waals surface area contributed by atoms with Crippen LogP contribution in [0.1, 0.15) is 147 Å². The summed E-state index contributed by atoms with van der Waals surface area (Å²) in [6.45, 7) is 15.6. The third-order valence-corrected chi connectivity index (χ3v) is 18.4. The van der Waals surface area contributed by atoms with Crippen LogP contribution in [-0.4, -0.2) is 133 Å². The minimum absolute atomic E-state index is 0.0182. The molecule has 7 heterocycles. The molecule has 5 N–H and O–H groups in total. The van der Waals surface area contributed by atoms with Crippen molar-refractivity contribution < 1.29 is 38.1 Å². The van der Waals surface area contributed by atoms with Crippen LogP contribution in [0.4, 0.5) is 14.6 Å². The van der Waals surface area contributed by atoms with E-state index in [9.17, 15) is 24.6 Å². The van der Waals surface area contributed by atoms with Crippen molar-refractivity contribution in [1.82, 2.24) is 45.7 Å². The number of aromatic nitrogens is 4. The molecule has 2 bridgehead atoms. The van der Waals surface area contributed by atoms with Crippen LogP contribution in [0.3, 0.4) is 0 Å². The van der Waals surface area contributed by atoms with Gasteiger partial charge in [-0.05, 0) is 116 Å². The number of aliphatic hydroxyl groups excluding tert-OH is 1. The summed E-state index contributed by atoms with van der Waals surface area (Å²) in [4.78, 5) is 67.2. The Morgan fingerprint density at radius 2 is 1.58 bits per heavy atom. The van der Waals surface area contributed by atoms with E-state index in [-0.39, 0.29) is 65.8 Å². The third-order valence-electron chi connectivity index (χ3n) is 17.4. The average molecular weight is 1160 g/mol. The predicted molar refractivity (Wildman–Crippen MR) is 321 cm³/mol. The van der Waals surface area contributed by atoms with Crippen molar-refractivity contribution >= 4 is 56.6 Å². The van der Waals surface area contributed by atoms with E-state index < -0.39 is 35.2 Å². The van der Waals surface area contributed by atoms with E-state index in [4.69, 9.17) is 14.7 Å². The number of β-amino-alcohol motifs (C(OH)–C–C–N with tert-alkyl or cyclic N) is 1. The Labute approximate surface area is 490 Å². The Bertz CT molecular complexity index is 3260. The first-order chi connectivity index (χ1) is 39.9. The molecule has 6 aromatic rings. The molecular formula is C64H82F2N10O6S. The second-order valence-electron chi connectivity index (χ2n) is 24.6. The van der Waals surface area contributed by atoms with Gasteiger partial charge in [-0.25, -0.2) is 13.8 Å². The zero-order valence-electron chi connectivity index (χ0n) is 49.0. The number of benzene rings is 3. The molecule has 4 aliphatic rings. The van der Waals surface area contributed by atoms with Gasteiger partial charge in [-0.15, -0.1) is 11.3 Å². The molecule has 19 heteroatoms. The number of carbonyl (C=O) groups excluding carboxylic acids is 3. The lowest BCUT2D eigenvalue weighted by molar-refractivity contribution is -0.144. The number of nitrogens with zero attached hydrogens (tertiary/aromatic N) is 7. The normalized spacial score (nSPS) is 20.3. The summed E-state index contributed by atoms with van der Waals surface area (Å²) in [7, 11) is 0. The number of piperazine rings is 1. The number of rotatable bonds is 22. The highest BCUT2D eigenvalue weighted by atomic mass is 32.1. The van der Waals surface area contributed by atoms with Crippen molar-refractivity contribution in [2.45, 2.75) is 180 Å². The third kappa shape index (κ3) is 13.9. The maximum atomic E-state index is 17.1. The molecule has 0 aliphatic carbocycles. The Balaban J connectivity index is 0.650. The van der Waals surface area contributed by atoms with E-state index in [1.807, 2.05) is 71.3 Å². The first kappa shape index (κ1) is 59.7. The molecule has 0 radical (unpaired) electrons. The Morgan fingerprint density at radius 3 is 2.25 bits per heavy atom. The van der Waals surface area contributed by atoms with Crippen LogP contribution in [0.5, 0.6) is 11.8 Å². The number of likely N-dealkylation sites (tertiary alicyclic amines) is 2. The molecule has 444 valence electrons. The van der Waals surface area contributed by atoms with Gasteiger partial charge in [0.15, 0.2) is 5.82 Å². The number of phenolic OH excluding ortho intramolecular Hbond substituents is 1. The standard InChI is InChI=1S/C64H82F2N10O6S/c1-7-48-51(65)24-21-42-30-45(77)31-49(54(42)48)56-55(66)57-50(33-67-56)60(75-34-43-22-23-44(35-75)70-43)73-63(72-57)82-47-25-28-74(29-26-47)27-15-13-11-9-8-10-12-14-16-53(79)71-59(64(4,5)6)62(81)76-36-46(78)32-52(76)61(80)69-38(2)40-17-19-41(20-18-40)58-39(3)68-37-83-58/h17-21,24,30-31,33,37-38,43-44,46-47,52,59,70,77-78H,7-16,22-23,25-29,32,34-36H2,1-6H3,(H,69,80)(H,71,79)/t38-,43?,44?,46+,52-,59+/m0/s1. The zero-order chi connectivity index (χ0) is 58.5. The molecular weight excluding hydrogens is 1070 g/mol. The number of piperidine rings is 1. The number of carbonyl (C=O) groups is 3. The van der Waals surface area contributed by atoms with E-state index in [0.29, 0.717) is 64.4 Å². The number of fused-ring (bicyclic) bond motifs is 4. The van der Waals surface area contributed by atoms with E-state index >= 15 is 8.78 Å². The monoisotopic (exact) mass is 1160 g/mol. The minimum Gasteiger partial charge on any atom is -0.508 e. The van der Waals surface area contributed by atoms with E-state index in [2.05, 4.69) is 35.7 Å². The van der Waals surface area contributed by atoms with Gasteiger partial charge in [0.1, 0.15) is 46.8 Å². The summed E-state index contributed by atoms with van der Waals surface area (Å²) < 4.78 is 38.9. The van der Waals surface area contributed by atoms with Gasteiger partial charge >= 0.3 is 6.01 Å². The summed E-state index contributed by atoms with van der Waals surface area (Å²) >= 11 is 1.58. The second kappa shape index (κ2) is 26.2. The van der Waals surface area contributed by atoms with Crippen LogP contribution >= 0.6 is 11.3 Å². The maximum absolute atomic E-state index is 17.1. The number of amides is 3. The SMILES string of the molecule is CCc1c(F)ccc2cc(O)cc(-c3ncc4c(N5CC6CCC(C5)N6)nc(OC5CCN(CCCCCCCCCCC(=O)N[C@H](C(=O)N6C[C@H](O)C[C@H]6C(=O)N[C@@H](C)c6ccc(-c7scnc7C)cc6)C(C)(C)C)CC5)nc4c3F)c12. The zero-order valence-corrected chi connectivity index (χ0v) is 49.8. The van der Waals surface area contributed by atoms with Crippen LogP contribution in [0.2, 0.25) is 0 Å². The Morgan fingerprint density at radius 1 is 0.880 bits per heavy atom. The molecule has 4 saturated heterocycles. The minimum atomic E-state index is -0.863. The first-order valence-corrected chi connectivity index (χ1v) is 31.1. The molecule has 10 rings (SSSR count). The van der Waals surface area contributed by atoms with E-state index in [0.717, 1.165) is 125 Å². The molecule has 4 fully saturated rings. The van der Waals surface area contributed by atoms with Crippen LogP contribution in [0, 0.1) is 24.0 Å². The highest BCUT2D eigenvalue weighted by Gasteiger charge is 2.45. The van der Waals surface area contributed by atoms with E-state index in [1.54, 1.807) is 29.7 Å². The summed E-state index contributed by atoms with van der Waals surface area (Å²) in [5, 5.41) is 32.8. The molecule has 6 atom stereocenters. The number of nitrogens with one attached hydrogen (secondary N) is 3. The second-order valence-corrected chi connectivity index (χ2v) is 25.5. The van der Waals surface area contributed by atoms with Crippen molar-refractivity contribution in [3.05, 3.63) is 88.7 Å². The number of aromatic hydroxyl groups is 1. The number of anilines is 1. The number of unbranched alkanes of at least 4 members (excludes halogenated alkanes) is 7. The number of aliphatic hydroxyl groups is 1. The fraction of sp³-hybridized carbons (Fsp3) is 0.547. The van der Waals surface area contributed by atoms with E-state index in [1.165, 1.54) is 17.0 Å². The number of aryl methyl sites for hydroxylation is 2. The number of phenols is 1. The number of hydrogen-bond donors (Lipinski definition) is 5. The largest absolute Gasteiger partial charge is 0.508 e. The van der Waals surface area contributed by atoms with Crippen molar-refractivity contribution in [2.75, 3.05) is 44.2 Å². The van der Waals surface area contributed by atoms with Crippen molar-refractivity contribution in [3.8, 4) is 33.5 Å². The first-order valence-electron chi connectivity index (χ1n) is 30.2. The molecule has 0 spiro atoms. The Hall–Kier alpha value is -6.41. The molecule has 0 saturated carbocycles. The molecule has 83 heavy (non-hydrogen) atoms. The van der Waals surface area contributed by atoms with Gasteiger partial charge in [0.25, 0.3) is 0 Å². The number of pyridine rings is 1. The summed E-state index contributed by atoms with van der Waals surface area (Å²) in [5.41, 5.74) is 4.94. The fourth-order valence-corrected chi connectivity index (χ4v) is 13.6. The quantitative estimate of drug-likeness (QED) is 0.0403. The van der Waals surface area contributed by atoms with Crippen LogP contribution in [-0.2, 0) is 20.8 Å². The topological polar surface area (TPSA) is 198 Å². The number of thiazole rings is 1. The molecule has 16 nitrogen and oxygen atoms in total. The van der Waals surface area contributed by atoms with Crippen LogP contribution < -0.4 is 25.6 Å². The van der Waals surface area contributed by atoms with Gasteiger partial charge in [-0.1, -0.05) is 96.6 Å². The van der Waals surface area contributed by atoms with Gasteiger partial charge in [-0.3, -0.25) is 19.4 Å². The Kier molecular flexibility index (Phi) is 18.9. The molecule has 4 aliphatic heterocycles. The van der Waals surface area contributed by atoms with Gasteiger partial charge in [0, 0.05) is 69.4 Å². The van der Waals surface area contributed by atoms with Crippen molar-refractivity contribution in [3.63, 3.8) is 0 Å². The fourth-order valence-electron chi connectivity index (χ4n) is 12.8. The number of halogens is 2. The van der Waals surface area contributed by atoms with Crippen molar-refractivity contribution in [1.29, 1.82) is 0 Å². The number of hydrogen-bond acceptors (Lipinski definition) is 14. The molecule has 3 aromatic heterocycles. The maximum Gasteiger partial charge on any atom is 0.319 e. The van der Waals surface area contributed by atoms with Crippen LogP contribution in [0.25, 0.3) is 43.4 Å². The predicted octanol–water partition coefficient (Wildman–Crippen LogP) is 10.5. The molecule has 2 unspecified atom stereocenters. The summed E-state index contributed by atoms with van der Waals surface area (Å²) in [6.07, 6.45) is 13.4. The number of ether oxygens (including phenoxy) is 1. The van der Waals surface area contributed by atoms with Crippen LogP contribution in [0.15, 0.2) is 60.2 Å².